The van der Waals surface area contributed by atoms with E-state index in [1.165, 1.54) is 3.57 Å². The predicted octanol–water partition coefficient (Wildman–Crippen LogP) is 3.74. The highest BCUT2D eigenvalue weighted by atomic mass is 127. The van der Waals surface area contributed by atoms with Gasteiger partial charge in [-0.3, -0.25) is 0 Å². The van der Waals surface area contributed by atoms with E-state index in [1.807, 2.05) is 6.07 Å². The molecular weight excluding hydrogens is 305 g/mol. The second-order valence-corrected chi connectivity index (χ2v) is 4.94. The lowest BCUT2D eigenvalue weighted by atomic mass is 10.2. The Morgan fingerprint density at radius 2 is 2.17 bits per heavy atom. The SMILES string of the molecule is Nc1cc(Cl)c2c(I)csc2c1. The minimum absolute atomic E-state index is 0.728. The van der Waals surface area contributed by atoms with Gasteiger partial charge in [0.25, 0.3) is 0 Å². The summed E-state index contributed by atoms with van der Waals surface area (Å²) in [7, 11) is 0. The first-order valence-electron chi connectivity index (χ1n) is 3.30. The molecular formula is C8H5ClINS. The third-order valence-electron chi connectivity index (χ3n) is 1.60. The van der Waals surface area contributed by atoms with Crippen molar-refractivity contribution in [2.45, 2.75) is 0 Å². The summed E-state index contributed by atoms with van der Waals surface area (Å²) in [5, 5.41) is 3.95. The lowest BCUT2D eigenvalue weighted by molar-refractivity contribution is 1.77. The Kier molecular flexibility index (Phi) is 2.18. The van der Waals surface area contributed by atoms with Crippen LogP contribution in [-0.2, 0) is 0 Å². The van der Waals surface area contributed by atoms with Crippen molar-refractivity contribution in [3.8, 4) is 0 Å². The van der Waals surface area contributed by atoms with Crippen LogP contribution in [0, 0.1) is 3.57 Å². The standard InChI is InChI=1S/C8H5ClINS/c9-5-1-4(11)2-7-8(5)6(10)3-12-7/h1-3H,11H2. The summed E-state index contributed by atoms with van der Waals surface area (Å²) in [5.74, 6) is 0. The summed E-state index contributed by atoms with van der Waals surface area (Å²) in [4.78, 5) is 0. The van der Waals surface area contributed by atoms with Gasteiger partial charge in [-0.15, -0.1) is 11.3 Å². The van der Waals surface area contributed by atoms with Crippen LogP contribution in [0.3, 0.4) is 0 Å². The van der Waals surface area contributed by atoms with Crippen molar-refractivity contribution >= 4 is 61.3 Å². The van der Waals surface area contributed by atoms with Crippen LogP contribution in [0.25, 0.3) is 10.1 Å². The average molecular weight is 310 g/mol. The fourth-order valence-corrected chi connectivity index (χ4v) is 3.68. The Hall–Kier alpha value is -0.000000000000000111. The number of hydrogen-bond donors (Lipinski definition) is 1. The van der Waals surface area contributed by atoms with Crippen LogP contribution in [0.5, 0.6) is 0 Å². The minimum Gasteiger partial charge on any atom is -0.399 e. The van der Waals surface area contributed by atoms with Crippen molar-refractivity contribution in [1.82, 2.24) is 0 Å². The van der Waals surface area contributed by atoms with Crippen molar-refractivity contribution in [3.63, 3.8) is 0 Å². The molecule has 0 aliphatic rings. The summed E-state index contributed by atoms with van der Waals surface area (Å²) in [6, 6.07) is 3.74. The normalized spacial score (nSPS) is 10.8. The van der Waals surface area contributed by atoms with Crippen LogP contribution in [0.2, 0.25) is 5.02 Å². The second-order valence-electron chi connectivity index (χ2n) is 2.46. The van der Waals surface area contributed by atoms with Crippen LogP contribution in [0.4, 0.5) is 5.69 Å². The Morgan fingerprint density at radius 3 is 2.92 bits per heavy atom. The van der Waals surface area contributed by atoms with E-state index in [1.54, 1.807) is 17.4 Å². The molecule has 0 spiro atoms. The monoisotopic (exact) mass is 309 g/mol. The van der Waals surface area contributed by atoms with Crippen molar-refractivity contribution in [2.24, 2.45) is 0 Å². The molecule has 12 heavy (non-hydrogen) atoms. The highest BCUT2D eigenvalue weighted by Gasteiger charge is 2.05. The highest BCUT2D eigenvalue weighted by Crippen LogP contribution is 2.34. The van der Waals surface area contributed by atoms with E-state index in [-0.39, 0.29) is 0 Å². The molecule has 0 bridgehead atoms. The molecule has 0 aliphatic heterocycles. The molecule has 0 fully saturated rings. The van der Waals surface area contributed by atoms with Crippen LogP contribution >= 0.6 is 45.5 Å². The Morgan fingerprint density at radius 1 is 1.42 bits per heavy atom. The molecule has 1 heterocycles. The molecule has 4 heteroatoms. The molecule has 2 N–H and O–H groups in total. The number of halogens is 2. The van der Waals surface area contributed by atoms with Crippen molar-refractivity contribution in [3.05, 3.63) is 26.1 Å². The molecule has 0 saturated carbocycles. The molecule has 0 atom stereocenters. The van der Waals surface area contributed by atoms with Crippen LogP contribution < -0.4 is 5.73 Å². The van der Waals surface area contributed by atoms with Crippen molar-refractivity contribution in [2.75, 3.05) is 5.73 Å². The average Bonchev–Trinajstić information content (AvgIpc) is 2.31. The zero-order valence-corrected chi connectivity index (χ0v) is 9.70. The second kappa shape index (κ2) is 3.05. The number of nitrogen functional groups attached to an aromatic ring is 1. The lowest BCUT2D eigenvalue weighted by Gasteiger charge is -1.97. The molecule has 62 valence electrons. The van der Waals surface area contributed by atoms with Crippen LogP contribution in [0.1, 0.15) is 0 Å². The highest BCUT2D eigenvalue weighted by molar-refractivity contribution is 14.1. The van der Waals surface area contributed by atoms with Crippen molar-refractivity contribution in [1.29, 1.82) is 0 Å². The Labute approximate surface area is 92.7 Å². The van der Waals surface area contributed by atoms with E-state index < -0.39 is 0 Å². The first kappa shape index (κ1) is 8.59. The first-order chi connectivity index (χ1) is 5.68. The topological polar surface area (TPSA) is 26.0 Å². The molecule has 0 unspecified atom stereocenters. The molecule has 1 aromatic heterocycles. The quantitative estimate of drug-likeness (QED) is 0.582. The molecule has 1 nitrogen and oxygen atoms in total. The largest absolute Gasteiger partial charge is 0.399 e. The van der Waals surface area contributed by atoms with Gasteiger partial charge in [-0.2, -0.15) is 0 Å². The predicted molar refractivity (Wildman–Crippen MR) is 64.0 cm³/mol. The summed E-state index contributed by atoms with van der Waals surface area (Å²) >= 11 is 9.98. The zero-order valence-electron chi connectivity index (χ0n) is 5.97. The zero-order chi connectivity index (χ0) is 8.72. The third-order valence-corrected chi connectivity index (χ3v) is 4.11. The maximum atomic E-state index is 6.03. The maximum Gasteiger partial charge on any atom is 0.0524 e. The third kappa shape index (κ3) is 1.30. The molecule has 0 amide bonds. The van der Waals surface area contributed by atoms with Gasteiger partial charge in [0, 0.05) is 24.7 Å². The van der Waals surface area contributed by atoms with E-state index in [9.17, 15) is 0 Å². The van der Waals surface area contributed by atoms with Gasteiger partial charge in [-0.05, 0) is 34.7 Å². The molecule has 0 aliphatic carbocycles. The fraction of sp³-hybridized carbons (Fsp3) is 0. The van der Waals surface area contributed by atoms with Gasteiger partial charge in [0.1, 0.15) is 0 Å². The summed E-state index contributed by atoms with van der Waals surface area (Å²) in [6.07, 6.45) is 0. The summed E-state index contributed by atoms with van der Waals surface area (Å²) in [6.45, 7) is 0. The van der Waals surface area contributed by atoms with Gasteiger partial charge in [0.15, 0.2) is 0 Å². The van der Waals surface area contributed by atoms with Crippen LogP contribution in [-0.4, -0.2) is 0 Å². The number of benzene rings is 1. The van der Waals surface area contributed by atoms with Gasteiger partial charge >= 0.3 is 0 Å². The number of rotatable bonds is 0. The first-order valence-corrected chi connectivity index (χ1v) is 5.64. The number of thiophene rings is 1. The molecule has 2 rings (SSSR count). The number of nitrogens with two attached hydrogens (primary N) is 1. The molecule has 1 aromatic carbocycles. The van der Waals surface area contributed by atoms with Crippen LogP contribution in [0.15, 0.2) is 17.5 Å². The van der Waals surface area contributed by atoms with Gasteiger partial charge < -0.3 is 5.73 Å². The van der Waals surface area contributed by atoms with Gasteiger partial charge in [-0.1, -0.05) is 11.6 Å². The van der Waals surface area contributed by atoms with E-state index in [2.05, 4.69) is 28.0 Å². The van der Waals surface area contributed by atoms with E-state index >= 15 is 0 Å². The summed E-state index contributed by atoms with van der Waals surface area (Å²) in [5.41, 5.74) is 6.38. The lowest BCUT2D eigenvalue weighted by Crippen LogP contribution is -1.83. The number of anilines is 1. The van der Waals surface area contributed by atoms with E-state index in [0.717, 1.165) is 20.8 Å². The van der Waals surface area contributed by atoms with Crippen molar-refractivity contribution < 1.29 is 0 Å². The minimum atomic E-state index is 0.728. The summed E-state index contributed by atoms with van der Waals surface area (Å²) < 4.78 is 2.35. The molecule has 0 radical (unpaired) electrons. The maximum absolute atomic E-state index is 6.03. The molecule has 2 aromatic rings. The Balaban J connectivity index is 2.93. The van der Waals surface area contributed by atoms with Gasteiger partial charge in [0.05, 0.1) is 5.02 Å². The fourth-order valence-electron chi connectivity index (χ4n) is 1.10. The van der Waals surface area contributed by atoms with Gasteiger partial charge in [-0.25, -0.2) is 0 Å². The van der Waals surface area contributed by atoms with Gasteiger partial charge in [0.2, 0.25) is 0 Å². The number of hydrogen-bond acceptors (Lipinski definition) is 2. The Bertz CT molecular complexity index is 438. The smallest absolute Gasteiger partial charge is 0.0524 e. The number of fused-ring (bicyclic) bond motifs is 1. The van der Waals surface area contributed by atoms with E-state index in [4.69, 9.17) is 17.3 Å². The molecule has 0 saturated heterocycles. The van der Waals surface area contributed by atoms with E-state index in [0.29, 0.717) is 0 Å².